The molecule has 0 bridgehead atoms. The van der Waals surface area contributed by atoms with Crippen LogP contribution >= 0.6 is 0 Å². The Hall–Kier alpha value is -2.12. The molecule has 2 heterocycles. The van der Waals surface area contributed by atoms with Gasteiger partial charge in [-0.05, 0) is 58.1 Å². The van der Waals surface area contributed by atoms with E-state index in [0.29, 0.717) is 13.0 Å². The number of anilines is 1. The Kier molecular flexibility index (Phi) is 8.31. The maximum Gasteiger partial charge on any atom is 0.225 e. The monoisotopic (exact) mass is 400 g/mol. The highest BCUT2D eigenvalue weighted by Crippen LogP contribution is 2.31. The van der Waals surface area contributed by atoms with Gasteiger partial charge in [-0.25, -0.2) is 0 Å². The number of nitrogens with zero attached hydrogens (tertiary/aromatic N) is 3. The largest absolute Gasteiger partial charge is 0.357 e. The van der Waals surface area contributed by atoms with Crippen molar-refractivity contribution < 1.29 is 4.79 Å². The average Bonchev–Trinajstić information content (AvgIpc) is 2.93. The van der Waals surface area contributed by atoms with E-state index in [9.17, 15) is 4.79 Å². The topological polar surface area (TPSA) is 72.0 Å². The lowest BCUT2D eigenvalue weighted by Crippen LogP contribution is -2.39. The normalized spacial score (nSPS) is 21.2. The van der Waals surface area contributed by atoms with Crippen LogP contribution in [0.15, 0.2) is 29.3 Å². The summed E-state index contributed by atoms with van der Waals surface area (Å²) in [4.78, 5) is 21.8. The number of hydrogen-bond donors (Lipinski definition) is 3. The second-order valence-corrected chi connectivity index (χ2v) is 8.03. The van der Waals surface area contributed by atoms with E-state index in [0.717, 1.165) is 50.8 Å². The lowest BCUT2D eigenvalue weighted by molar-refractivity contribution is -0.116. The number of benzene rings is 1. The molecular weight excluding hydrogens is 364 g/mol. The van der Waals surface area contributed by atoms with E-state index < -0.39 is 0 Å². The van der Waals surface area contributed by atoms with Crippen molar-refractivity contribution in [2.24, 2.45) is 4.99 Å². The molecule has 1 atom stereocenters. The lowest BCUT2D eigenvalue weighted by atomic mass is 9.91. The third kappa shape index (κ3) is 6.72. The minimum absolute atomic E-state index is 0.0740. The second kappa shape index (κ2) is 11.2. The first-order valence-electron chi connectivity index (χ1n) is 11.0. The fraction of sp³-hybridized carbons (Fsp3) is 0.636. The molecule has 0 spiro atoms. The zero-order chi connectivity index (χ0) is 20.5. The number of hydrogen-bond acceptors (Lipinski definition) is 4. The van der Waals surface area contributed by atoms with Crippen LogP contribution in [0.2, 0.25) is 0 Å². The van der Waals surface area contributed by atoms with Gasteiger partial charge in [-0.1, -0.05) is 18.2 Å². The van der Waals surface area contributed by atoms with Gasteiger partial charge >= 0.3 is 0 Å². The smallest absolute Gasteiger partial charge is 0.225 e. The second-order valence-electron chi connectivity index (χ2n) is 8.03. The zero-order valence-electron chi connectivity index (χ0n) is 17.9. The molecule has 0 saturated carbocycles. The van der Waals surface area contributed by atoms with Crippen molar-refractivity contribution in [1.82, 2.24) is 20.4 Å². The SMILES string of the molecule is CCNC(=NCC1CC(=O)Nc2ccccc21)NCCCN1CCCN(C)CC1. The molecule has 0 aliphatic carbocycles. The van der Waals surface area contributed by atoms with Gasteiger partial charge in [0.2, 0.25) is 5.91 Å². The van der Waals surface area contributed by atoms with E-state index in [2.05, 4.69) is 45.8 Å². The van der Waals surface area contributed by atoms with Crippen LogP contribution in [-0.2, 0) is 4.79 Å². The van der Waals surface area contributed by atoms with E-state index in [1.165, 1.54) is 25.1 Å². The van der Waals surface area contributed by atoms with Crippen molar-refractivity contribution in [3.8, 4) is 0 Å². The molecule has 7 nitrogen and oxygen atoms in total. The Balaban J connectivity index is 1.48. The van der Waals surface area contributed by atoms with Crippen molar-refractivity contribution in [2.75, 3.05) is 64.7 Å². The summed E-state index contributed by atoms with van der Waals surface area (Å²) < 4.78 is 0. The lowest BCUT2D eigenvalue weighted by Gasteiger charge is -2.24. The predicted molar refractivity (Wildman–Crippen MR) is 120 cm³/mol. The summed E-state index contributed by atoms with van der Waals surface area (Å²) in [6.07, 6.45) is 2.84. The molecule has 7 heteroatoms. The van der Waals surface area contributed by atoms with Crippen LogP contribution in [0.4, 0.5) is 5.69 Å². The van der Waals surface area contributed by atoms with Crippen molar-refractivity contribution in [3.05, 3.63) is 29.8 Å². The molecule has 1 unspecified atom stereocenters. The third-order valence-corrected chi connectivity index (χ3v) is 5.68. The van der Waals surface area contributed by atoms with E-state index >= 15 is 0 Å². The molecule has 1 saturated heterocycles. The van der Waals surface area contributed by atoms with Gasteiger partial charge in [0.15, 0.2) is 5.96 Å². The van der Waals surface area contributed by atoms with Gasteiger partial charge in [0.05, 0.1) is 6.54 Å². The molecule has 0 aromatic heterocycles. The number of rotatable bonds is 7. The minimum atomic E-state index is 0.0740. The first-order chi connectivity index (χ1) is 14.2. The summed E-state index contributed by atoms with van der Waals surface area (Å²) in [5.74, 6) is 1.04. The summed E-state index contributed by atoms with van der Waals surface area (Å²) >= 11 is 0. The molecule has 29 heavy (non-hydrogen) atoms. The van der Waals surface area contributed by atoms with E-state index in [-0.39, 0.29) is 11.8 Å². The highest BCUT2D eigenvalue weighted by molar-refractivity contribution is 5.94. The molecule has 3 rings (SSSR count). The Labute approximate surface area is 174 Å². The molecular formula is C22H36N6O. The maximum atomic E-state index is 12.0. The van der Waals surface area contributed by atoms with Crippen LogP contribution in [0.1, 0.15) is 37.7 Å². The molecule has 160 valence electrons. The number of likely N-dealkylation sites (N-methyl/N-ethyl adjacent to an activating group) is 1. The molecule has 2 aliphatic heterocycles. The van der Waals surface area contributed by atoms with Gasteiger partial charge in [0, 0.05) is 44.2 Å². The van der Waals surface area contributed by atoms with Gasteiger partial charge in [0.25, 0.3) is 0 Å². The summed E-state index contributed by atoms with van der Waals surface area (Å²) in [7, 11) is 2.21. The third-order valence-electron chi connectivity index (χ3n) is 5.68. The Morgan fingerprint density at radius 1 is 1.21 bits per heavy atom. The number of aliphatic imine (C=N–C) groups is 1. The van der Waals surface area contributed by atoms with Crippen LogP contribution in [0.25, 0.3) is 0 Å². The first kappa shape index (κ1) is 21.6. The number of nitrogens with one attached hydrogen (secondary N) is 3. The van der Waals surface area contributed by atoms with E-state index in [4.69, 9.17) is 4.99 Å². The number of fused-ring (bicyclic) bond motifs is 1. The van der Waals surface area contributed by atoms with Crippen molar-refractivity contribution in [3.63, 3.8) is 0 Å². The molecule has 1 aromatic carbocycles. The summed E-state index contributed by atoms with van der Waals surface area (Å²) in [6.45, 7) is 10.3. The van der Waals surface area contributed by atoms with Crippen LogP contribution in [-0.4, -0.2) is 81.1 Å². The van der Waals surface area contributed by atoms with Crippen LogP contribution in [0.5, 0.6) is 0 Å². The molecule has 1 aromatic rings. The Morgan fingerprint density at radius 3 is 2.93 bits per heavy atom. The number of carbonyl (C=O) groups excluding carboxylic acids is 1. The van der Waals surface area contributed by atoms with Gasteiger partial charge in [-0.3, -0.25) is 9.79 Å². The Bertz CT molecular complexity index is 692. The predicted octanol–water partition coefficient (Wildman–Crippen LogP) is 1.70. The van der Waals surface area contributed by atoms with Gasteiger partial charge < -0.3 is 25.8 Å². The average molecular weight is 401 g/mol. The van der Waals surface area contributed by atoms with Gasteiger partial charge in [0.1, 0.15) is 0 Å². The minimum Gasteiger partial charge on any atom is -0.357 e. The summed E-state index contributed by atoms with van der Waals surface area (Å²) in [5.41, 5.74) is 2.10. The number of amides is 1. The summed E-state index contributed by atoms with van der Waals surface area (Å²) in [6, 6.07) is 8.04. The molecule has 0 radical (unpaired) electrons. The quantitative estimate of drug-likeness (QED) is 0.369. The fourth-order valence-corrected chi connectivity index (χ4v) is 4.04. The first-order valence-corrected chi connectivity index (χ1v) is 11.0. The standard InChI is InChI=1S/C22H36N6O/c1-3-23-22(24-10-6-12-28-13-7-11-27(2)14-15-28)25-17-18-16-21(29)26-20-9-5-4-8-19(18)20/h4-5,8-9,18H,3,6-7,10-17H2,1-2H3,(H,26,29)(H2,23,24,25). The molecule has 3 N–H and O–H groups in total. The van der Waals surface area contributed by atoms with Crippen molar-refractivity contribution in [2.45, 2.75) is 32.1 Å². The van der Waals surface area contributed by atoms with Crippen molar-refractivity contribution in [1.29, 1.82) is 0 Å². The van der Waals surface area contributed by atoms with Gasteiger partial charge in [-0.2, -0.15) is 0 Å². The van der Waals surface area contributed by atoms with Gasteiger partial charge in [-0.15, -0.1) is 0 Å². The van der Waals surface area contributed by atoms with Crippen LogP contribution in [0.3, 0.4) is 0 Å². The number of guanidine groups is 1. The van der Waals surface area contributed by atoms with E-state index in [1.807, 2.05) is 18.2 Å². The highest BCUT2D eigenvalue weighted by atomic mass is 16.1. The number of para-hydroxylation sites is 1. The van der Waals surface area contributed by atoms with Crippen LogP contribution < -0.4 is 16.0 Å². The number of carbonyl (C=O) groups is 1. The van der Waals surface area contributed by atoms with Crippen LogP contribution in [0, 0.1) is 0 Å². The maximum absolute atomic E-state index is 12.0. The molecule has 2 aliphatic rings. The highest BCUT2D eigenvalue weighted by Gasteiger charge is 2.24. The summed E-state index contributed by atoms with van der Waals surface area (Å²) in [5, 5.41) is 9.75. The van der Waals surface area contributed by atoms with E-state index in [1.54, 1.807) is 0 Å². The molecule has 1 fully saturated rings. The molecule has 1 amide bonds. The zero-order valence-corrected chi connectivity index (χ0v) is 17.9. The van der Waals surface area contributed by atoms with Crippen molar-refractivity contribution >= 4 is 17.6 Å². The Morgan fingerprint density at radius 2 is 2.07 bits per heavy atom. The fourth-order valence-electron chi connectivity index (χ4n) is 4.04.